The van der Waals surface area contributed by atoms with Gasteiger partial charge in [-0.25, -0.2) is 0 Å². The summed E-state index contributed by atoms with van der Waals surface area (Å²) in [5.74, 6) is 28.3. The SMILES string of the molecule is CCCc1ccc(C#Cc2cc(C#Cc3ccc(N(C)C)cc3)c3ccc4c(C#Cc5ccc(N(C)C)cc5)cc(C#Cc5ccc(CCC)cc5)c5ccc2c3c54)cc1. The molecule has 2 nitrogen and oxygen atoms in total. The van der Waals surface area contributed by atoms with Crippen LogP contribution in [0.5, 0.6) is 0 Å². The number of aryl methyl sites for hydroxylation is 2. The molecule has 0 atom stereocenters. The van der Waals surface area contributed by atoms with Crippen molar-refractivity contribution < 1.29 is 0 Å². The molecule has 0 N–H and O–H groups in total. The van der Waals surface area contributed by atoms with Crippen molar-refractivity contribution in [3.63, 3.8) is 0 Å². The first-order valence-electron chi connectivity index (χ1n) is 20.9. The molecule has 8 rings (SSSR count). The average Bonchev–Trinajstić information content (AvgIpc) is 3.27. The molecule has 0 unspecified atom stereocenters. The monoisotopic (exact) mass is 772 g/mol. The lowest BCUT2D eigenvalue weighted by Crippen LogP contribution is -2.07. The average molecular weight is 773 g/mol. The van der Waals surface area contributed by atoms with Crippen molar-refractivity contribution >= 4 is 43.7 Å². The number of nitrogens with zero attached hydrogens (tertiary/aromatic N) is 2. The highest BCUT2D eigenvalue weighted by Gasteiger charge is 2.17. The minimum atomic E-state index is 0.938. The molecule has 0 spiro atoms. The van der Waals surface area contributed by atoms with Crippen molar-refractivity contribution in [2.45, 2.75) is 39.5 Å². The Balaban J connectivity index is 1.36. The molecule has 0 fully saturated rings. The zero-order chi connectivity index (χ0) is 41.6. The van der Waals surface area contributed by atoms with Crippen LogP contribution in [0, 0.1) is 47.4 Å². The lowest BCUT2D eigenvalue weighted by molar-refractivity contribution is 0.922. The maximum absolute atomic E-state index is 3.59. The van der Waals surface area contributed by atoms with E-state index in [-0.39, 0.29) is 0 Å². The van der Waals surface area contributed by atoms with Crippen LogP contribution in [-0.4, -0.2) is 28.2 Å². The molecule has 0 aliphatic heterocycles. The van der Waals surface area contributed by atoms with Gasteiger partial charge in [0.1, 0.15) is 0 Å². The van der Waals surface area contributed by atoms with Gasteiger partial charge in [-0.3, -0.25) is 0 Å². The lowest BCUT2D eigenvalue weighted by Gasteiger charge is -2.16. The summed E-state index contributed by atoms with van der Waals surface area (Å²) in [4.78, 5) is 4.20. The number of benzene rings is 8. The highest BCUT2D eigenvalue weighted by molar-refractivity contribution is 6.26. The van der Waals surface area contributed by atoms with Crippen molar-refractivity contribution in [2.75, 3.05) is 38.0 Å². The van der Waals surface area contributed by atoms with Gasteiger partial charge in [0, 0.05) is 84.1 Å². The van der Waals surface area contributed by atoms with Gasteiger partial charge in [-0.15, -0.1) is 0 Å². The molecule has 0 saturated heterocycles. The third-order valence-electron chi connectivity index (χ3n) is 11.0. The van der Waals surface area contributed by atoms with Crippen molar-refractivity contribution in [3.05, 3.63) is 189 Å². The third-order valence-corrected chi connectivity index (χ3v) is 11.0. The van der Waals surface area contributed by atoms with E-state index in [1.165, 1.54) is 11.1 Å². The van der Waals surface area contributed by atoms with Crippen molar-refractivity contribution in [3.8, 4) is 47.4 Å². The molecular formula is C58H48N2. The van der Waals surface area contributed by atoms with E-state index in [4.69, 9.17) is 0 Å². The van der Waals surface area contributed by atoms with Gasteiger partial charge in [-0.05, 0) is 141 Å². The minimum absolute atomic E-state index is 0.938. The smallest absolute Gasteiger partial charge is 0.0361 e. The Labute approximate surface area is 356 Å². The Morgan fingerprint density at radius 1 is 0.333 bits per heavy atom. The van der Waals surface area contributed by atoms with E-state index in [0.29, 0.717) is 0 Å². The number of hydrogen-bond acceptors (Lipinski definition) is 2. The predicted octanol–water partition coefficient (Wildman–Crippen LogP) is 12.2. The second kappa shape index (κ2) is 17.6. The molecule has 0 aliphatic rings. The summed E-state index contributed by atoms with van der Waals surface area (Å²) in [6, 6.07) is 47.3. The van der Waals surface area contributed by atoms with E-state index in [0.717, 1.165) is 114 Å². The van der Waals surface area contributed by atoms with E-state index >= 15 is 0 Å². The molecule has 8 aromatic carbocycles. The summed E-state index contributed by atoms with van der Waals surface area (Å²) in [7, 11) is 8.20. The molecule has 290 valence electrons. The van der Waals surface area contributed by atoms with Crippen molar-refractivity contribution in [1.82, 2.24) is 0 Å². The molecule has 2 heteroatoms. The molecule has 0 saturated carbocycles. The highest BCUT2D eigenvalue weighted by Crippen LogP contribution is 2.40. The van der Waals surface area contributed by atoms with Crippen LogP contribution in [0.25, 0.3) is 32.3 Å². The van der Waals surface area contributed by atoms with E-state index in [1.54, 1.807) is 0 Å². The summed E-state index contributed by atoms with van der Waals surface area (Å²) >= 11 is 0. The Bertz CT molecular complexity index is 2870. The Kier molecular flexibility index (Phi) is 11.6. The molecular weight excluding hydrogens is 725 g/mol. The molecule has 0 heterocycles. The molecule has 0 amide bonds. The summed E-state index contributed by atoms with van der Waals surface area (Å²) < 4.78 is 0. The summed E-state index contributed by atoms with van der Waals surface area (Å²) in [5.41, 5.74) is 12.6. The predicted molar refractivity (Wildman–Crippen MR) is 256 cm³/mol. The Hall–Kier alpha value is -7.36. The van der Waals surface area contributed by atoms with E-state index < -0.39 is 0 Å². The molecule has 0 aliphatic carbocycles. The fraction of sp³-hybridized carbons (Fsp3) is 0.172. The fourth-order valence-electron chi connectivity index (χ4n) is 7.74. The zero-order valence-electron chi connectivity index (χ0n) is 35.4. The number of anilines is 2. The van der Waals surface area contributed by atoms with Crippen molar-refractivity contribution in [2.24, 2.45) is 0 Å². The first kappa shape index (κ1) is 39.5. The fourth-order valence-corrected chi connectivity index (χ4v) is 7.74. The Morgan fingerprint density at radius 2 is 0.600 bits per heavy atom. The molecule has 8 aromatic rings. The van der Waals surface area contributed by atoms with Gasteiger partial charge in [0.05, 0.1) is 0 Å². The lowest BCUT2D eigenvalue weighted by atomic mass is 9.86. The largest absolute Gasteiger partial charge is 0.378 e. The molecule has 0 radical (unpaired) electrons. The van der Waals surface area contributed by atoms with Gasteiger partial charge in [0.15, 0.2) is 0 Å². The summed E-state index contributed by atoms with van der Waals surface area (Å²) in [5, 5.41) is 6.62. The van der Waals surface area contributed by atoms with Crippen LogP contribution in [0.2, 0.25) is 0 Å². The van der Waals surface area contributed by atoms with Gasteiger partial charge in [0.25, 0.3) is 0 Å². The van der Waals surface area contributed by atoms with Crippen LogP contribution >= 0.6 is 0 Å². The van der Waals surface area contributed by atoms with Crippen LogP contribution in [0.15, 0.2) is 133 Å². The highest BCUT2D eigenvalue weighted by atomic mass is 15.1. The molecule has 60 heavy (non-hydrogen) atoms. The zero-order valence-corrected chi connectivity index (χ0v) is 35.4. The maximum Gasteiger partial charge on any atom is 0.0361 e. The van der Waals surface area contributed by atoms with Gasteiger partial charge in [-0.1, -0.05) is 123 Å². The minimum Gasteiger partial charge on any atom is -0.378 e. The van der Waals surface area contributed by atoms with E-state index in [1.807, 2.05) is 0 Å². The van der Waals surface area contributed by atoms with Crippen LogP contribution in [0.4, 0.5) is 11.4 Å². The second-order valence-electron chi connectivity index (χ2n) is 15.8. The topological polar surface area (TPSA) is 6.48 Å². The van der Waals surface area contributed by atoms with Crippen LogP contribution in [0.3, 0.4) is 0 Å². The normalized spacial score (nSPS) is 10.6. The first-order chi connectivity index (χ1) is 29.3. The maximum atomic E-state index is 3.59. The van der Waals surface area contributed by atoms with E-state index in [2.05, 4.69) is 233 Å². The van der Waals surface area contributed by atoms with Crippen LogP contribution in [-0.2, 0) is 12.8 Å². The second-order valence-corrected chi connectivity index (χ2v) is 15.8. The summed E-state index contributed by atoms with van der Waals surface area (Å²) in [6.45, 7) is 4.42. The number of hydrogen-bond donors (Lipinski definition) is 0. The summed E-state index contributed by atoms with van der Waals surface area (Å²) in [6.07, 6.45) is 4.37. The van der Waals surface area contributed by atoms with Gasteiger partial charge in [-0.2, -0.15) is 0 Å². The van der Waals surface area contributed by atoms with Crippen LogP contribution < -0.4 is 9.80 Å². The standard InChI is InChI=1S/C58H48N2/c1-7-9-41-11-15-43(16-12-41)19-27-47-39-49(29-21-45-23-31-51(32-24-45)59(3)4)55-37-38-56-50(30-22-46-25-33-52(34-26-46)60(5)6)40-48(54-36-35-53(47)57(55)58(54)56)28-20-44-17-13-42(10-8-2)14-18-44/h11-18,23-26,31-40H,7-10H2,1-6H3. The van der Waals surface area contributed by atoms with Gasteiger partial charge in [0.2, 0.25) is 0 Å². The first-order valence-corrected chi connectivity index (χ1v) is 20.9. The van der Waals surface area contributed by atoms with E-state index in [9.17, 15) is 0 Å². The molecule has 0 bridgehead atoms. The van der Waals surface area contributed by atoms with Crippen molar-refractivity contribution in [1.29, 1.82) is 0 Å². The molecule has 0 aromatic heterocycles. The third kappa shape index (κ3) is 8.57. The van der Waals surface area contributed by atoms with Crippen LogP contribution in [0.1, 0.15) is 82.3 Å². The number of rotatable bonds is 6. The Morgan fingerprint density at radius 3 is 0.850 bits per heavy atom. The van der Waals surface area contributed by atoms with Gasteiger partial charge < -0.3 is 9.80 Å². The quantitative estimate of drug-likeness (QED) is 0.123. The van der Waals surface area contributed by atoms with Gasteiger partial charge >= 0.3 is 0 Å².